The number of carbonyl (C=O) groups excluding carboxylic acids is 2. The van der Waals surface area contributed by atoms with Gasteiger partial charge in [-0.15, -0.1) is 0 Å². The molecule has 0 saturated carbocycles. The zero-order valence-corrected chi connectivity index (χ0v) is 14.7. The summed E-state index contributed by atoms with van der Waals surface area (Å²) in [4.78, 5) is 29.5. The van der Waals surface area contributed by atoms with E-state index in [2.05, 4.69) is 10.3 Å². The number of H-pyrrole nitrogens is 1. The van der Waals surface area contributed by atoms with Gasteiger partial charge in [0, 0.05) is 17.9 Å². The number of benzene rings is 1. The SMILES string of the molecule is COC(=O)c1c(C)[nH]c(C(=O)Nc2ccccc2CN(C)C)c1C. The highest BCUT2D eigenvalue weighted by Crippen LogP contribution is 2.22. The monoisotopic (exact) mass is 329 g/mol. The van der Waals surface area contributed by atoms with Crippen LogP contribution in [0.15, 0.2) is 24.3 Å². The molecule has 128 valence electrons. The fourth-order valence-corrected chi connectivity index (χ4v) is 2.69. The molecule has 2 N–H and O–H groups in total. The van der Waals surface area contributed by atoms with Crippen molar-refractivity contribution in [1.29, 1.82) is 0 Å². The Kier molecular flexibility index (Phi) is 5.41. The van der Waals surface area contributed by atoms with E-state index in [1.165, 1.54) is 7.11 Å². The summed E-state index contributed by atoms with van der Waals surface area (Å²) in [5.74, 6) is -0.731. The molecular weight excluding hydrogens is 306 g/mol. The molecule has 0 bridgehead atoms. The number of amides is 1. The predicted molar refractivity (Wildman–Crippen MR) is 93.4 cm³/mol. The van der Waals surface area contributed by atoms with Gasteiger partial charge in [0.25, 0.3) is 5.91 Å². The number of aromatic amines is 1. The first-order valence-corrected chi connectivity index (χ1v) is 7.66. The van der Waals surface area contributed by atoms with Crippen LogP contribution in [0.25, 0.3) is 0 Å². The number of carbonyl (C=O) groups is 2. The second-order valence-electron chi connectivity index (χ2n) is 5.97. The maximum atomic E-state index is 12.6. The van der Waals surface area contributed by atoms with Gasteiger partial charge in [0.2, 0.25) is 0 Å². The number of nitrogens with zero attached hydrogens (tertiary/aromatic N) is 1. The lowest BCUT2D eigenvalue weighted by molar-refractivity contribution is 0.0599. The minimum atomic E-state index is -0.451. The molecular formula is C18H23N3O3. The number of rotatable bonds is 5. The Morgan fingerprint density at radius 3 is 2.50 bits per heavy atom. The number of hydrogen-bond acceptors (Lipinski definition) is 4. The first-order valence-electron chi connectivity index (χ1n) is 7.66. The van der Waals surface area contributed by atoms with Crippen LogP contribution in [0, 0.1) is 13.8 Å². The minimum Gasteiger partial charge on any atom is -0.465 e. The normalized spacial score (nSPS) is 10.8. The summed E-state index contributed by atoms with van der Waals surface area (Å²) in [6, 6.07) is 7.65. The fraction of sp³-hybridized carbons (Fsp3) is 0.333. The van der Waals surface area contributed by atoms with Crippen molar-refractivity contribution in [2.24, 2.45) is 0 Å². The molecule has 6 nitrogen and oxygen atoms in total. The third-order valence-corrected chi connectivity index (χ3v) is 3.81. The Morgan fingerprint density at radius 1 is 1.21 bits per heavy atom. The molecule has 0 spiro atoms. The van der Waals surface area contributed by atoms with E-state index in [1.807, 2.05) is 43.3 Å². The topological polar surface area (TPSA) is 74.4 Å². The van der Waals surface area contributed by atoms with Crippen molar-refractivity contribution < 1.29 is 14.3 Å². The van der Waals surface area contributed by atoms with Crippen LogP contribution >= 0.6 is 0 Å². The number of ether oxygens (including phenoxy) is 1. The van der Waals surface area contributed by atoms with E-state index in [9.17, 15) is 9.59 Å². The molecule has 0 fully saturated rings. The van der Waals surface area contributed by atoms with Gasteiger partial charge in [0.15, 0.2) is 0 Å². The minimum absolute atomic E-state index is 0.281. The van der Waals surface area contributed by atoms with Gasteiger partial charge in [-0.3, -0.25) is 4.79 Å². The van der Waals surface area contributed by atoms with Gasteiger partial charge in [-0.1, -0.05) is 18.2 Å². The quantitative estimate of drug-likeness (QED) is 0.827. The van der Waals surface area contributed by atoms with Crippen molar-refractivity contribution in [1.82, 2.24) is 9.88 Å². The van der Waals surface area contributed by atoms with E-state index in [0.717, 1.165) is 11.3 Å². The molecule has 0 aliphatic rings. The average Bonchev–Trinajstić information content (AvgIpc) is 2.83. The zero-order valence-electron chi connectivity index (χ0n) is 14.7. The molecule has 1 amide bonds. The number of esters is 1. The predicted octanol–water partition coefficient (Wildman–Crippen LogP) is 2.73. The summed E-state index contributed by atoms with van der Waals surface area (Å²) in [5, 5.41) is 2.92. The molecule has 0 radical (unpaired) electrons. The van der Waals surface area contributed by atoms with Crippen LogP contribution in [0.1, 0.15) is 37.7 Å². The van der Waals surface area contributed by atoms with Crippen LogP contribution < -0.4 is 5.32 Å². The molecule has 1 heterocycles. The van der Waals surface area contributed by atoms with Gasteiger partial charge >= 0.3 is 5.97 Å². The number of aromatic nitrogens is 1. The van der Waals surface area contributed by atoms with Crippen molar-refractivity contribution >= 4 is 17.6 Å². The van der Waals surface area contributed by atoms with E-state index in [0.29, 0.717) is 29.1 Å². The molecule has 2 rings (SSSR count). The molecule has 0 unspecified atom stereocenters. The van der Waals surface area contributed by atoms with Crippen molar-refractivity contribution in [3.05, 3.63) is 52.3 Å². The average molecular weight is 329 g/mol. The molecule has 1 aromatic heterocycles. The molecule has 0 saturated heterocycles. The number of hydrogen-bond donors (Lipinski definition) is 2. The first kappa shape index (κ1) is 17.7. The third-order valence-electron chi connectivity index (χ3n) is 3.81. The van der Waals surface area contributed by atoms with Crippen molar-refractivity contribution in [3.8, 4) is 0 Å². The lowest BCUT2D eigenvalue weighted by Gasteiger charge is -2.14. The van der Waals surface area contributed by atoms with Crippen LogP contribution in [-0.4, -0.2) is 43.0 Å². The van der Waals surface area contributed by atoms with Gasteiger partial charge in [-0.25, -0.2) is 4.79 Å². The number of anilines is 1. The van der Waals surface area contributed by atoms with Crippen LogP contribution in [0.5, 0.6) is 0 Å². The third kappa shape index (κ3) is 3.65. The second-order valence-corrected chi connectivity index (χ2v) is 5.97. The Bertz CT molecular complexity index is 763. The summed E-state index contributed by atoms with van der Waals surface area (Å²) in [7, 11) is 5.27. The Hall–Kier alpha value is -2.60. The molecule has 0 atom stereocenters. The summed E-state index contributed by atoms with van der Waals surface area (Å²) >= 11 is 0. The number of nitrogens with one attached hydrogen (secondary N) is 2. The molecule has 2 aromatic rings. The maximum absolute atomic E-state index is 12.6. The van der Waals surface area contributed by atoms with Crippen LogP contribution in [0.4, 0.5) is 5.69 Å². The highest BCUT2D eigenvalue weighted by Gasteiger charge is 2.22. The van der Waals surface area contributed by atoms with Crippen LogP contribution in [0.2, 0.25) is 0 Å². The molecule has 6 heteroatoms. The van der Waals surface area contributed by atoms with E-state index in [-0.39, 0.29) is 5.91 Å². The molecule has 0 aliphatic carbocycles. The summed E-state index contributed by atoms with van der Waals surface area (Å²) in [6.07, 6.45) is 0. The smallest absolute Gasteiger partial charge is 0.339 e. The highest BCUT2D eigenvalue weighted by atomic mass is 16.5. The maximum Gasteiger partial charge on any atom is 0.339 e. The van der Waals surface area contributed by atoms with Gasteiger partial charge in [-0.05, 0) is 45.1 Å². The number of methoxy groups -OCH3 is 1. The van der Waals surface area contributed by atoms with Crippen LogP contribution in [-0.2, 0) is 11.3 Å². The van der Waals surface area contributed by atoms with Crippen molar-refractivity contribution in [2.75, 3.05) is 26.5 Å². The van der Waals surface area contributed by atoms with Gasteiger partial charge in [0.05, 0.1) is 12.7 Å². The Morgan fingerprint density at radius 2 is 1.88 bits per heavy atom. The largest absolute Gasteiger partial charge is 0.465 e. The lowest BCUT2D eigenvalue weighted by atomic mass is 10.1. The Balaban J connectivity index is 2.30. The standard InChI is InChI=1S/C18H23N3O3/c1-11-15(18(23)24-5)12(2)19-16(11)17(22)20-14-9-7-6-8-13(14)10-21(3)4/h6-9,19H,10H2,1-5H3,(H,20,22). The lowest BCUT2D eigenvalue weighted by Crippen LogP contribution is -2.17. The number of aryl methyl sites for hydroxylation is 1. The van der Waals surface area contributed by atoms with E-state index < -0.39 is 5.97 Å². The van der Waals surface area contributed by atoms with E-state index >= 15 is 0 Å². The van der Waals surface area contributed by atoms with E-state index in [1.54, 1.807) is 13.8 Å². The summed E-state index contributed by atoms with van der Waals surface area (Å²) in [6.45, 7) is 4.19. The van der Waals surface area contributed by atoms with Gasteiger partial charge < -0.3 is 19.9 Å². The number of para-hydroxylation sites is 1. The zero-order chi connectivity index (χ0) is 17.9. The molecule has 0 aliphatic heterocycles. The second kappa shape index (κ2) is 7.31. The van der Waals surface area contributed by atoms with Crippen molar-refractivity contribution in [2.45, 2.75) is 20.4 Å². The van der Waals surface area contributed by atoms with Gasteiger partial charge in [0.1, 0.15) is 5.69 Å². The summed E-state index contributed by atoms with van der Waals surface area (Å²) in [5.41, 5.74) is 3.75. The molecule has 1 aromatic carbocycles. The highest BCUT2D eigenvalue weighted by molar-refractivity contribution is 6.07. The first-order chi connectivity index (χ1) is 11.3. The van der Waals surface area contributed by atoms with Crippen LogP contribution in [0.3, 0.4) is 0 Å². The Labute approximate surface area is 141 Å². The summed E-state index contributed by atoms with van der Waals surface area (Å²) < 4.78 is 4.78. The fourth-order valence-electron chi connectivity index (χ4n) is 2.69. The van der Waals surface area contributed by atoms with E-state index in [4.69, 9.17) is 4.74 Å². The van der Waals surface area contributed by atoms with Crippen molar-refractivity contribution in [3.63, 3.8) is 0 Å². The molecule has 24 heavy (non-hydrogen) atoms. The van der Waals surface area contributed by atoms with Gasteiger partial charge in [-0.2, -0.15) is 0 Å².